The number of ether oxygens (including phenoxy) is 1. The van der Waals surface area contributed by atoms with Gasteiger partial charge in [-0.25, -0.2) is 0 Å². The molecule has 0 aromatic heterocycles. The summed E-state index contributed by atoms with van der Waals surface area (Å²) in [7, 11) is 0. The van der Waals surface area contributed by atoms with E-state index in [4.69, 9.17) is 10.5 Å². The summed E-state index contributed by atoms with van der Waals surface area (Å²) in [5.74, 6) is -0.00405. The minimum absolute atomic E-state index is 0.00405. The highest BCUT2D eigenvalue weighted by molar-refractivity contribution is 9.10. The van der Waals surface area contributed by atoms with E-state index in [2.05, 4.69) is 21.2 Å². The van der Waals surface area contributed by atoms with Gasteiger partial charge >= 0.3 is 0 Å². The van der Waals surface area contributed by atoms with Gasteiger partial charge in [-0.2, -0.15) is 0 Å². The van der Waals surface area contributed by atoms with Crippen molar-refractivity contribution < 1.29 is 9.53 Å². The number of nitrogens with one attached hydrogen (secondary N) is 1. The lowest BCUT2D eigenvalue weighted by molar-refractivity contribution is -0.130. The number of hydrogen-bond acceptors (Lipinski definition) is 3. The number of rotatable bonds is 3. The highest BCUT2D eigenvalue weighted by Gasteiger charge is 2.38. The van der Waals surface area contributed by atoms with Crippen molar-refractivity contribution in [2.75, 3.05) is 25.1 Å². The van der Waals surface area contributed by atoms with Crippen molar-refractivity contribution in [1.82, 2.24) is 0 Å². The van der Waals surface area contributed by atoms with E-state index in [0.29, 0.717) is 32.6 Å². The van der Waals surface area contributed by atoms with Crippen LogP contribution in [0.15, 0.2) is 28.7 Å². The van der Waals surface area contributed by atoms with Gasteiger partial charge < -0.3 is 15.8 Å². The Morgan fingerprint density at radius 2 is 1.94 bits per heavy atom. The Morgan fingerprint density at radius 3 is 2.50 bits per heavy atom. The number of amides is 1. The van der Waals surface area contributed by atoms with Crippen molar-refractivity contribution in [2.24, 2.45) is 11.1 Å². The van der Waals surface area contributed by atoms with Gasteiger partial charge in [0, 0.05) is 29.9 Å². The number of nitrogens with two attached hydrogens (primary N) is 1. The number of carbonyl (C=O) groups is 1. The van der Waals surface area contributed by atoms with Crippen LogP contribution in [0.3, 0.4) is 0 Å². The minimum atomic E-state index is -0.481. The highest BCUT2D eigenvalue weighted by atomic mass is 79.9. The van der Waals surface area contributed by atoms with Crippen molar-refractivity contribution in [3.63, 3.8) is 0 Å². The van der Waals surface area contributed by atoms with Gasteiger partial charge in [0.15, 0.2) is 0 Å². The van der Waals surface area contributed by atoms with E-state index in [9.17, 15) is 4.79 Å². The summed E-state index contributed by atoms with van der Waals surface area (Å²) in [6, 6.07) is 7.53. The van der Waals surface area contributed by atoms with Crippen LogP contribution in [0.1, 0.15) is 12.8 Å². The lowest BCUT2D eigenvalue weighted by Gasteiger charge is -2.34. The van der Waals surface area contributed by atoms with Crippen LogP contribution in [0.2, 0.25) is 0 Å². The molecule has 0 bridgehead atoms. The van der Waals surface area contributed by atoms with Crippen molar-refractivity contribution in [2.45, 2.75) is 12.8 Å². The number of hydrogen-bond donors (Lipinski definition) is 2. The fourth-order valence-electron chi connectivity index (χ4n) is 2.08. The minimum Gasteiger partial charge on any atom is -0.381 e. The molecule has 1 heterocycles. The zero-order valence-electron chi connectivity index (χ0n) is 10.1. The molecule has 2 rings (SSSR count). The summed E-state index contributed by atoms with van der Waals surface area (Å²) in [5.41, 5.74) is 6.11. The Kier molecular flexibility index (Phi) is 4.37. The smallest absolute Gasteiger partial charge is 0.232 e. The fraction of sp³-hybridized carbons (Fsp3) is 0.462. The Morgan fingerprint density at radius 1 is 1.33 bits per heavy atom. The summed E-state index contributed by atoms with van der Waals surface area (Å²) in [6.45, 7) is 1.56. The first kappa shape index (κ1) is 13.5. The van der Waals surface area contributed by atoms with Crippen molar-refractivity contribution in [3.05, 3.63) is 28.7 Å². The predicted octanol–water partition coefficient (Wildman–Crippen LogP) is 2.14. The fourth-order valence-corrected chi connectivity index (χ4v) is 2.35. The van der Waals surface area contributed by atoms with E-state index < -0.39 is 5.41 Å². The average molecular weight is 313 g/mol. The molecule has 0 unspecified atom stereocenters. The summed E-state index contributed by atoms with van der Waals surface area (Å²) >= 11 is 3.36. The third kappa shape index (κ3) is 2.91. The lowest BCUT2D eigenvalue weighted by Crippen LogP contribution is -2.46. The molecule has 1 aromatic carbocycles. The van der Waals surface area contributed by atoms with Crippen molar-refractivity contribution in [3.8, 4) is 0 Å². The van der Waals surface area contributed by atoms with Crippen LogP contribution in [0.5, 0.6) is 0 Å². The van der Waals surface area contributed by atoms with Crippen LogP contribution >= 0.6 is 15.9 Å². The third-order valence-corrected chi connectivity index (χ3v) is 3.95. The van der Waals surface area contributed by atoms with E-state index >= 15 is 0 Å². The zero-order chi connectivity index (χ0) is 13.0. The van der Waals surface area contributed by atoms with Gasteiger partial charge in [0.05, 0.1) is 5.41 Å². The molecule has 98 valence electrons. The van der Waals surface area contributed by atoms with Gasteiger partial charge in [0.1, 0.15) is 0 Å². The maximum absolute atomic E-state index is 12.3. The molecular formula is C13H17BrN2O2. The predicted molar refractivity (Wildman–Crippen MR) is 74.3 cm³/mol. The molecule has 1 saturated heterocycles. The van der Waals surface area contributed by atoms with Gasteiger partial charge in [-0.1, -0.05) is 15.9 Å². The number of carbonyl (C=O) groups excluding carboxylic acids is 1. The van der Waals surface area contributed by atoms with Crippen LogP contribution < -0.4 is 11.1 Å². The number of benzene rings is 1. The second-order valence-electron chi connectivity index (χ2n) is 4.56. The normalized spacial score (nSPS) is 18.3. The topological polar surface area (TPSA) is 64.4 Å². The van der Waals surface area contributed by atoms with Gasteiger partial charge in [0.2, 0.25) is 5.91 Å². The zero-order valence-corrected chi connectivity index (χ0v) is 11.7. The standard InChI is InChI=1S/C13H17BrN2O2/c14-10-1-3-11(4-2-10)16-12(17)13(9-15)5-7-18-8-6-13/h1-4H,5-9,15H2,(H,16,17). The molecule has 1 aliphatic rings. The van der Waals surface area contributed by atoms with Gasteiger partial charge in [-0.05, 0) is 37.1 Å². The van der Waals surface area contributed by atoms with Crippen LogP contribution in [-0.4, -0.2) is 25.7 Å². The second kappa shape index (κ2) is 5.82. The van der Waals surface area contributed by atoms with Crippen molar-refractivity contribution in [1.29, 1.82) is 0 Å². The van der Waals surface area contributed by atoms with Gasteiger partial charge in [-0.15, -0.1) is 0 Å². The van der Waals surface area contributed by atoms with Crippen molar-refractivity contribution >= 4 is 27.5 Å². The monoisotopic (exact) mass is 312 g/mol. The van der Waals surface area contributed by atoms with E-state index in [1.807, 2.05) is 24.3 Å². The molecule has 0 atom stereocenters. The maximum atomic E-state index is 12.3. The van der Waals surface area contributed by atoms with Crippen LogP contribution in [0.4, 0.5) is 5.69 Å². The summed E-state index contributed by atoms with van der Waals surface area (Å²) < 4.78 is 6.29. The first-order valence-corrected chi connectivity index (χ1v) is 6.80. The Bertz CT molecular complexity index is 414. The van der Waals surface area contributed by atoms with E-state index in [1.54, 1.807) is 0 Å². The Balaban J connectivity index is 2.07. The average Bonchev–Trinajstić information content (AvgIpc) is 2.42. The Hall–Kier alpha value is -0.910. The first-order chi connectivity index (χ1) is 8.66. The maximum Gasteiger partial charge on any atom is 0.232 e. The second-order valence-corrected chi connectivity index (χ2v) is 5.47. The van der Waals surface area contributed by atoms with Crippen LogP contribution in [0.25, 0.3) is 0 Å². The largest absolute Gasteiger partial charge is 0.381 e. The Labute approximate surface area is 115 Å². The third-order valence-electron chi connectivity index (χ3n) is 3.42. The van der Waals surface area contributed by atoms with E-state index in [1.165, 1.54) is 0 Å². The molecule has 0 spiro atoms. The number of halogens is 1. The van der Waals surface area contributed by atoms with Crippen LogP contribution in [0, 0.1) is 5.41 Å². The molecule has 1 aromatic rings. The quantitative estimate of drug-likeness (QED) is 0.898. The molecule has 0 radical (unpaired) electrons. The first-order valence-electron chi connectivity index (χ1n) is 6.01. The van der Waals surface area contributed by atoms with E-state index in [0.717, 1.165) is 10.2 Å². The molecule has 4 nitrogen and oxygen atoms in total. The summed E-state index contributed by atoms with van der Waals surface area (Å²) in [6.07, 6.45) is 1.37. The van der Waals surface area contributed by atoms with E-state index in [-0.39, 0.29) is 5.91 Å². The molecule has 3 N–H and O–H groups in total. The summed E-state index contributed by atoms with van der Waals surface area (Å²) in [4.78, 5) is 12.3. The molecule has 1 aliphatic heterocycles. The lowest BCUT2D eigenvalue weighted by atomic mass is 9.79. The molecule has 0 aliphatic carbocycles. The molecule has 0 saturated carbocycles. The summed E-state index contributed by atoms with van der Waals surface area (Å²) in [5, 5.41) is 2.94. The molecular weight excluding hydrogens is 296 g/mol. The van der Waals surface area contributed by atoms with Gasteiger partial charge in [0.25, 0.3) is 0 Å². The molecule has 1 amide bonds. The molecule has 18 heavy (non-hydrogen) atoms. The molecule has 1 fully saturated rings. The van der Waals surface area contributed by atoms with Crippen LogP contribution in [-0.2, 0) is 9.53 Å². The number of anilines is 1. The molecule has 5 heteroatoms. The SMILES string of the molecule is NCC1(C(=O)Nc2ccc(Br)cc2)CCOCC1. The highest BCUT2D eigenvalue weighted by Crippen LogP contribution is 2.31. The van der Waals surface area contributed by atoms with Gasteiger partial charge in [-0.3, -0.25) is 4.79 Å².